The van der Waals surface area contributed by atoms with Crippen molar-refractivity contribution < 1.29 is 4.92 Å². The van der Waals surface area contributed by atoms with Crippen LogP contribution < -0.4 is 0 Å². The lowest BCUT2D eigenvalue weighted by Crippen LogP contribution is -1.95. The summed E-state index contributed by atoms with van der Waals surface area (Å²) in [5, 5.41) is 11.1. The Bertz CT molecular complexity index is 374. The first-order valence-electron chi connectivity index (χ1n) is 3.64. The van der Waals surface area contributed by atoms with Crippen molar-refractivity contribution in [3.63, 3.8) is 0 Å². The maximum Gasteiger partial charge on any atom is 0.280 e. The van der Waals surface area contributed by atoms with Gasteiger partial charge in [0.25, 0.3) is 5.69 Å². The van der Waals surface area contributed by atoms with E-state index in [1.54, 1.807) is 19.1 Å². The lowest BCUT2D eigenvalue weighted by Gasteiger charge is -2.02. The second-order valence-electron chi connectivity index (χ2n) is 2.57. The number of rotatable bonds is 2. The molecule has 0 saturated heterocycles. The molecule has 0 aliphatic heterocycles. The summed E-state index contributed by atoms with van der Waals surface area (Å²) in [6.07, 6.45) is 1.45. The molecule has 0 bridgehead atoms. The number of nitro benzene ring substituents is 1. The number of halogens is 1. The molecular weight excluding hydrogens is 190 g/mol. The molecular formula is C9H8ClNO2. The number of hydrogen-bond acceptors (Lipinski definition) is 2. The average molecular weight is 198 g/mol. The minimum absolute atomic E-state index is 0.0301. The van der Waals surface area contributed by atoms with Crippen LogP contribution in [0, 0.1) is 17.0 Å². The second kappa shape index (κ2) is 3.58. The Labute approximate surface area is 80.8 Å². The lowest BCUT2D eigenvalue weighted by molar-refractivity contribution is -0.385. The summed E-state index contributed by atoms with van der Waals surface area (Å²) >= 11 is 5.75. The SMILES string of the molecule is C=Cc1ccc(Cl)c(C)c1[N+](=O)[O-]. The summed E-state index contributed by atoms with van der Waals surface area (Å²) in [5.74, 6) is 0. The molecule has 1 rings (SSSR count). The van der Waals surface area contributed by atoms with Crippen molar-refractivity contribution in [1.82, 2.24) is 0 Å². The highest BCUT2D eigenvalue weighted by Gasteiger charge is 2.17. The monoisotopic (exact) mass is 197 g/mol. The normalized spacial score (nSPS) is 9.69. The van der Waals surface area contributed by atoms with Gasteiger partial charge in [-0.15, -0.1) is 0 Å². The van der Waals surface area contributed by atoms with E-state index < -0.39 is 4.92 Å². The van der Waals surface area contributed by atoms with E-state index in [9.17, 15) is 10.1 Å². The number of nitro groups is 1. The van der Waals surface area contributed by atoms with Crippen LogP contribution in [0.1, 0.15) is 11.1 Å². The maximum atomic E-state index is 10.7. The molecule has 0 aromatic heterocycles. The van der Waals surface area contributed by atoms with E-state index in [1.165, 1.54) is 6.08 Å². The van der Waals surface area contributed by atoms with Crippen molar-refractivity contribution in [2.24, 2.45) is 0 Å². The molecule has 0 atom stereocenters. The minimum atomic E-state index is -0.446. The highest BCUT2D eigenvalue weighted by atomic mass is 35.5. The van der Waals surface area contributed by atoms with Crippen LogP contribution in [0.3, 0.4) is 0 Å². The average Bonchev–Trinajstić information content (AvgIpc) is 2.08. The van der Waals surface area contributed by atoms with Gasteiger partial charge in [0.05, 0.1) is 15.5 Å². The lowest BCUT2D eigenvalue weighted by atomic mass is 10.1. The topological polar surface area (TPSA) is 43.1 Å². The largest absolute Gasteiger partial charge is 0.280 e. The van der Waals surface area contributed by atoms with Crippen LogP contribution in [0.25, 0.3) is 6.08 Å². The van der Waals surface area contributed by atoms with Crippen LogP contribution in [0.15, 0.2) is 18.7 Å². The van der Waals surface area contributed by atoms with Gasteiger partial charge < -0.3 is 0 Å². The van der Waals surface area contributed by atoms with Gasteiger partial charge in [0.2, 0.25) is 0 Å². The molecule has 1 aromatic rings. The first-order valence-corrected chi connectivity index (χ1v) is 4.01. The van der Waals surface area contributed by atoms with Crippen molar-refractivity contribution >= 4 is 23.4 Å². The fourth-order valence-electron chi connectivity index (χ4n) is 1.10. The number of hydrogen-bond donors (Lipinski definition) is 0. The Hall–Kier alpha value is -1.35. The van der Waals surface area contributed by atoms with Gasteiger partial charge in [-0.2, -0.15) is 0 Å². The van der Waals surface area contributed by atoms with Crippen LogP contribution in [-0.4, -0.2) is 4.92 Å². The third-order valence-corrected chi connectivity index (χ3v) is 2.21. The number of nitrogens with zero attached hydrogens (tertiary/aromatic N) is 1. The van der Waals surface area contributed by atoms with E-state index >= 15 is 0 Å². The van der Waals surface area contributed by atoms with E-state index in [-0.39, 0.29) is 5.69 Å². The number of benzene rings is 1. The van der Waals surface area contributed by atoms with Gasteiger partial charge in [-0.05, 0) is 19.1 Å². The van der Waals surface area contributed by atoms with Gasteiger partial charge >= 0.3 is 0 Å². The Kier molecular flexibility index (Phi) is 2.68. The highest BCUT2D eigenvalue weighted by molar-refractivity contribution is 6.31. The van der Waals surface area contributed by atoms with Gasteiger partial charge in [-0.3, -0.25) is 10.1 Å². The van der Waals surface area contributed by atoms with Crippen molar-refractivity contribution in [3.05, 3.63) is 45.0 Å². The minimum Gasteiger partial charge on any atom is -0.258 e. The summed E-state index contributed by atoms with van der Waals surface area (Å²) in [6, 6.07) is 3.21. The molecule has 0 unspecified atom stereocenters. The zero-order valence-electron chi connectivity index (χ0n) is 7.08. The molecule has 0 aliphatic carbocycles. The summed E-state index contributed by atoms with van der Waals surface area (Å²) in [6.45, 7) is 5.12. The smallest absolute Gasteiger partial charge is 0.258 e. The van der Waals surface area contributed by atoms with E-state index in [0.717, 1.165) is 0 Å². The maximum absolute atomic E-state index is 10.7. The molecule has 0 amide bonds. The third-order valence-electron chi connectivity index (χ3n) is 1.80. The molecule has 0 radical (unpaired) electrons. The standard InChI is InChI=1S/C9H8ClNO2/c1-3-7-4-5-8(10)6(2)9(7)11(12)13/h3-5H,1H2,2H3. The fourth-order valence-corrected chi connectivity index (χ4v) is 1.26. The molecule has 0 aliphatic rings. The summed E-state index contributed by atoms with van der Waals surface area (Å²) in [7, 11) is 0. The second-order valence-corrected chi connectivity index (χ2v) is 2.98. The molecule has 4 heteroatoms. The van der Waals surface area contributed by atoms with Gasteiger partial charge in [-0.1, -0.05) is 24.3 Å². The predicted octanol–water partition coefficient (Wildman–Crippen LogP) is 3.20. The molecule has 1 aromatic carbocycles. The van der Waals surface area contributed by atoms with Crippen LogP contribution >= 0.6 is 11.6 Å². The molecule has 0 saturated carbocycles. The summed E-state index contributed by atoms with van der Waals surface area (Å²) < 4.78 is 0. The van der Waals surface area contributed by atoms with E-state index in [4.69, 9.17) is 11.6 Å². The van der Waals surface area contributed by atoms with Crippen molar-refractivity contribution in [2.45, 2.75) is 6.92 Å². The molecule has 0 spiro atoms. The Morgan fingerprint density at radius 3 is 2.69 bits per heavy atom. The Morgan fingerprint density at radius 1 is 1.62 bits per heavy atom. The van der Waals surface area contributed by atoms with Crippen LogP contribution in [0.4, 0.5) is 5.69 Å². The van der Waals surface area contributed by atoms with E-state index in [2.05, 4.69) is 6.58 Å². The zero-order valence-corrected chi connectivity index (χ0v) is 7.84. The van der Waals surface area contributed by atoms with Gasteiger partial charge in [0, 0.05) is 5.56 Å². The van der Waals surface area contributed by atoms with Gasteiger partial charge in [-0.25, -0.2) is 0 Å². The van der Waals surface area contributed by atoms with Crippen molar-refractivity contribution in [2.75, 3.05) is 0 Å². The molecule has 3 nitrogen and oxygen atoms in total. The van der Waals surface area contributed by atoms with Gasteiger partial charge in [0.15, 0.2) is 0 Å². The molecule has 0 fully saturated rings. The van der Waals surface area contributed by atoms with Gasteiger partial charge in [0.1, 0.15) is 0 Å². The quantitative estimate of drug-likeness (QED) is 0.540. The summed E-state index contributed by atoms with van der Waals surface area (Å²) in [5.41, 5.74) is 0.999. The predicted molar refractivity (Wildman–Crippen MR) is 52.9 cm³/mol. The van der Waals surface area contributed by atoms with E-state index in [0.29, 0.717) is 16.1 Å². The highest BCUT2D eigenvalue weighted by Crippen LogP contribution is 2.29. The van der Waals surface area contributed by atoms with E-state index in [1.807, 2.05) is 0 Å². The Morgan fingerprint density at radius 2 is 2.23 bits per heavy atom. The molecule has 0 heterocycles. The summed E-state index contributed by atoms with van der Waals surface area (Å²) in [4.78, 5) is 10.2. The van der Waals surface area contributed by atoms with Crippen molar-refractivity contribution in [1.29, 1.82) is 0 Å². The zero-order chi connectivity index (χ0) is 10.0. The Balaban J connectivity index is 3.50. The first kappa shape index (κ1) is 9.74. The van der Waals surface area contributed by atoms with Crippen molar-refractivity contribution in [3.8, 4) is 0 Å². The fraction of sp³-hybridized carbons (Fsp3) is 0.111. The molecule has 0 N–H and O–H groups in total. The van der Waals surface area contributed by atoms with Crippen LogP contribution in [0.2, 0.25) is 5.02 Å². The van der Waals surface area contributed by atoms with Crippen LogP contribution in [0.5, 0.6) is 0 Å². The molecule has 13 heavy (non-hydrogen) atoms. The third kappa shape index (κ3) is 1.70. The van der Waals surface area contributed by atoms with Crippen LogP contribution in [-0.2, 0) is 0 Å². The molecule has 68 valence electrons. The first-order chi connectivity index (χ1) is 6.07.